The smallest absolute Gasteiger partial charge is 0.0629 e. The Morgan fingerprint density at radius 3 is 2.95 bits per heavy atom. The van der Waals surface area contributed by atoms with Crippen LogP contribution in [-0.4, -0.2) is 16.5 Å². The van der Waals surface area contributed by atoms with Gasteiger partial charge in [0.05, 0.1) is 5.69 Å². The van der Waals surface area contributed by atoms with Gasteiger partial charge in [0.25, 0.3) is 0 Å². The van der Waals surface area contributed by atoms with E-state index in [4.69, 9.17) is 0 Å². The van der Waals surface area contributed by atoms with Crippen molar-refractivity contribution < 1.29 is 0 Å². The monoisotopic (exact) mass is 271 g/mol. The molecule has 3 nitrogen and oxygen atoms in total. The highest BCUT2D eigenvalue weighted by Crippen LogP contribution is 2.08. The maximum Gasteiger partial charge on any atom is 0.0629 e. The number of aromatic nitrogens is 1. The van der Waals surface area contributed by atoms with Crippen molar-refractivity contribution in [1.29, 1.82) is 0 Å². The van der Waals surface area contributed by atoms with E-state index >= 15 is 0 Å². The molecule has 1 aromatic rings. The normalized spacial score (nSPS) is 10.9. The Labute approximate surface area is 122 Å². The Hall–Kier alpha value is -1.87. The summed E-state index contributed by atoms with van der Waals surface area (Å²) in [5, 5.41) is 2.17. The molecule has 0 unspecified atom stereocenters. The van der Waals surface area contributed by atoms with Crippen LogP contribution in [0, 0.1) is 0 Å². The lowest BCUT2D eigenvalue weighted by Gasteiger charge is -2.24. The first-order chi connectivity index (χ1) is 9.69. The van der Waals surface area contributed by atoms with E-state index < -0.39 is 0 Å². The Morgan fingerprint density at radius 1 is 1.50 bits per heavy atom. The summed E-state index contributed by atoms with van der Waals surface area (Å²) in [4.78, 5) is 4.32. The first-order valence-electron chi connectivity index (χ1n) is 7.10. The van der Waals surface area contributed by atoms with E-state index in [1.54, 1.807) is 6.08 Å². The summed E-state index contributed by atoms with van der Waals surface area (Å²) >= 11 is 0. The van der Waals surface area contributed by atoms with Gasteiger partial charge in [-0.1, -0.05) is 32.6 Å². The molecular formula is C17H25N3. The van der Waals surface area contributed by atoms with Crippen molar-refractivity contribution in [3.8, 4) is 0 Å². The van der Waals surface area contributed by atoms with Gasteiger partial charge < -0.3 is 5.43 Å². The summed E-state index contributed by atoms with van der Waals surface area (Å²) in [5.41, 5.74) is 6.33. The first-order valence-corrected chi connectivity index (χ1v) is 7.10. The van der Waals surface area contributed by atoms with Gasteiger partial charge in [-0.15, -0.1) is 0 Å². The third-order valence-electron chi connectivity index (χ3n) is 2.89. The van der Waals surface area contributed by atoms with Gasteiger partial charge in [0.15, 0.2) is 0 Å². The average Bonchev–Trinajstić information content (AvgIpc) is 2.45. The predicted octanol–water partition coefficient (Wildman–Crippen LogP) is 3.92. The van der Waals surface area contributed by atoms with Crippen molar-refractivity contribution in [2.75, 3.05) is 6.54 Å². The molecule has 0 aliphatic heterocycles. The average molecular weight is 271 g/mol. The minimum atomic E-state index is 0.819. The molecule has 0 saturated carbocycles. The summed E-state index contributed by atoms with van der Waals surface area (Å²) in [5.74, 6) is 0. The summed E-state index contributed by atoms with van der Waals surface area (Å²) in [6, 6.07) is 4.15. The zero-order valence-electron chi connectivity index (χ0n) is 12.6. The highest BCUT2D eigenvalue weighted by molar-refractivity contribution is 5.44. The van der Waals surface area contributed by atoms with Crippen molar-refractivity contribution in [2.24, 2.45) is 0 Å². The van der Waals surface area contributed by atoms with Crippen molar-refractivity contribution >= 4 is 6.08 Å². The van der Waals surface area contributed by atoms with Gasteiger partial charge in [-0.2, -0.15) is 0 Å². The van der Waals surface area contributed by atoms with E-state index in [-0.39, 0.29) is 0 Å². The Balaban J connectivity index is 2.74. The summed E-state index contributed by atoms with van der Waals surface area (Å²) in [6.45, 7) is 13.6. The van der Waals surface area contributed by atoms with Crippen LogP contribution in [0.4, 0.5) is 0 Å². The molecule has 1 rings (SSSR count). The van der Waals surface area contributed by atoms with Gasteiger partial charge in [0.2, 0.25) is 0 Å². The van der Waals surface area contributed by atoms with Crippen molar-refractivity contribution in [3.63, 3.8) is 0 Å². The summed E-state index contributed by atoms with van der Waals surface area (Å²) < 4.78 is 0. The maximum absolute atomic E-state index is 4.32. The van der Waals surface area contributed by atoms with Gasteiger partial charge in [0, 0.05) is 25.0 Å². The minimum Gasteiger partial charge on any atom is -0.319 e. The number of hydrogen-bond acceptors (Lipinski definition) is 3. The van der Waals surface area contributed by atoms with Crippen LogP contribution in [0.1, 0.15) is 37.9 Å². The minimum absolute atomic E-state index is 0.819. The maximum atomic E-state index is 4.32. The summed E-state index contributed by atoms with van der Waals surface area (Å²) in [7, 11) is 0. The molecule has 108 valence electrons. The van der Waals surface area contributed by atoms with Crippen LogP contribution in [0.2, 0.25) is 0 Å². The van der Waals surface area contributed by atoms with E-state index in [0.717, 1.165) is 30.9 Å². The summed E-state index contributed by atoms with van der Waals surface area (Å²) in [6.07, 6.45) is 9.90. The molecule has 0 bridgehead atoms. The third-order valence-corrected chi connectivity index (χ3v) is 2.89. The third kappa shape index (κ3) is 5.85. The Morgan fingerprint density at radius 2 is 2.30 bits per heavy atom. The molecule has 0 saturated heterocycles. The van der Waals surface area contributed by atoms with Crippen molar-refractivity contribution in [1.82, 2.24) is 15.4 Å². The van der Waals surface area contributed by atoms with E-state index in [1.807, 2.05) is 31.3 Å². The van der Waals surface area contributed by atoms with Crippen LogP contribution in [-0.2, 0) is 6.54 Å². The first kappa shape index (κ1) is 16.2. The van der Waals surface area contributed by atoms with Crippen molar-refractivity contribution in [3.05, 3.63) is 60.6 Å². The molecule has 0 aromatic carbocycles. The van der Waals surface area contributed by atoms with Gasteiger partial charge in [-0.3, -0.25) is 4.98 Å². The largest absolute Gasteiger partial charge is 0.319 e. The Kier molecular flexibility index (Phi) is 7.36. The van der Waals surface area contributed by atoms with Crippen molar-refractivity contribution in [2.45, 2.75) is 33.2 Å². The van der Waals surface area contributed by atoms with Crippen LogP contribution < -0.4 is 5.43 Å². The van der Waals surface area contributed by atoms with Gasteiger partial charge in [-0.05, 0) is 43.2 Å². The second-order valence-corrected chi connectivity index (χ2v) is 4.71. The fourth-order valence-corrected chi connectivity index (χ4v) is 1.85. The van der Waals surface area contributed by atoms with E-state index in [1.165, 1.54) is 12.0 Å². The van der Waals surface area contributed by atoms with Crippen LogP contribution >= 0.6 is 0 Å². The molecule has 0 aliphatic rings. The molecule has 1 N–H and O–H groups in total. The molecule has 0 fully saturated rings. The van der Waals surface area contributed by atoms with E-state index in [0.29, 0.717) is 0 Å². The van der Waals surface area contributed by atoms with Crippen LogP contribution in [0.3, 0.4) is 0 Å². The zero-order valence-corrected chi connectivity index (χ0v) is 12.6. The van der Waals surface area contributed by atoms with Crippen LogP contribution in [0.15, 0.2) is 49.3 Å². The topological polar surface area (TPSA) is 28.2 Å². The van der Waals surface area contributed by atoms with E-state index in [9.17, 15) is 0 Å². The zero-order chi connectivity index (χ0) is 14.8. The molecule has 1 aromatic heterocycles. The fourth-order valence-electron chi connectivity index (χ4n) is 1.85. The molecule has 0 atom stereocenters. The predicted molar refractivity (Wildman–Crippen MR) is 86.7 cm³/mol. The lowest BCUT2D eigenvalue weighted by atomic mass is 10.2. The number of rotatable bonds is 9. The molecule has 3 heteroatoms. The number of pyridine rings is 1. The standard InChI is InChI=1S/C17H25N3/c1-5-8-12-20(19-15(4)7-3)14-16-10-11-18-17(13-16)9-6-2/h6-7,9-11,13,19H,3-5,8,12,14H2,1-2H3/b9-6-. The quantitative estimate of drug-likeness (QED) is 0.545. The molecule has 1 heterocycles. The van der Waals surface area contributed by atoms with Crippen LogP contribution in [0.5, 0.6) is 0 Å². The molecule has 0 amide bonds. The molecule has 20 heavy (non-hydrogen) atoms. The van der Waals surface area contributed by atoms with Gasteiger partial charge >= 0.3 is 0 Å². The highest BCUT2D eigenvalue weighted by Gasteiger charge is 2.06. The van der Waals surface area contributed by atoms with E-state index in [2.05, 4.69) is 41.6 Å². The van der Waals surface area contributed by atoms with Crippen LogP contribution in [0.25, 0.3) is 6.08 Å². The fraction of sp³-hybridized carbons (Fsp3) is 0.353. The highest BCUT2D eigenvalue weighted by atomic mass is 15.5. The lowest BCUT2D eigenvalue weighted by molar-refractivity contribution is 0.202. The van der Waals surface area contributed by atoms with Gasteiger partial charge in [0.1, 0.15) is 0 Å². The molecule has 0 spiro atoms. The number of unbranched alkanes of at least 4 members (excludes halogenated alkanes) is 1. The second kappa shape index (κ2) is 9.10. The number of hydrogen-bond donors (Lipinski definition) is 1. The number of nitrogens with one attached hydrogen (secondary N) is 1. The number of hydrazine groups is 1. The van der Waals surface area contributed by atoms with Gasteiger partial charge in [-0.25, -0.2) is 5.01 Å². The number of allylic oxidation sites excluding steroid dienone is 2. The molecule has 0 aliphatic carbocycles. The second-order valence-electron chi connectivity index (χ2n) is 4.71. The number of nitrogens with zero attached hydrogens (tertiary/aromatic N) is 2. The molecule has 0 radical (unpaired) electrons. The Bertz CT molecular complexity index is 463. The molecular weight excluding hydrogens is 246 g/mol. The SMILES string of the molecule is C=CC(=C)NN(CCCC)Cc1ccnc(/C=C\C)c1. The lowest BCUT2D eigenvalue weighted by Crippen LogP contribution is -2.36.